The van der Waals surface area contributed by atoms with E-state index < -0.39 is 0 Å². The van der Waals surface area contributed by atoms with Crippen LogP contribution < -0.4 is 25.1 Å². The maximum atomic E-state index is 5.70. The number of halogens is 1. The lowest BCUT2D eigenvalue weighted by atomic mass is 10.0. The van der Waals surface area contributed by atoms with Crippen molar-refractivity contribution < 1.29 is 9.47 Å². The Labute approximate surface area is 218 Å². The monoisotopic (exact) mass is 549 g/mol. The Kier molecular flexibility index (Phi) is 6.06. The molecule has 2 aromatic carbocycles. The van der Waals surface area contributed by atoms with E-state index in [1.165, 1.54) is 19.3 Å². The molecule has 10 heteroatoms. The van der Waals surface area contributed by atoms with Gasteiger partial charge < -0.3 is 30.1 Å². The minimum Gasteiger partial charge on any atom is -0.454 e. The van der Waals surface area contributed by atoms with Crippen LogP contribution in [0.2, 0.25) is 0 Å². The molecule has 0 amide bonds. The van der Waals surface area contributed by atoms with E-state index in [9.17, 15) is 0 Å². The molecule has 1 atom stereocenters. The Bertz CT molecular complexity index is 1360. The molecular formula is C26H28BrN7O2. The van der Waals surface area contributed by atoms with Gasteiger partial charge in [0.2, 0.25) is 6.79 Å². The summed E-state index contributed by atoms with van der Waals surface area (Å²) < 4.78 is 12.2. The summed E-state index contributed by atoms with van der Waals surface area (Å²) in [4.78, 5) is 14.7. The van der Waals surface area contributed by atoms with Crippen molar-refractivity contribution in [2.45, 2.75) is 25.3 Å². The number of nitrogens with zero attached hydrogens (tertiary/aromatic N) is 4. The fourth-order valence-electron chi connectivity index (χ4n) is 4.93. The Morgan fingerprint density at radius 2 is 1.97 bits per heavy atom. The average Bonchev–Trinajstić information content (AvgIpc) is 3.60. The number of aromatic nitrogens is 2. The first-order valence-electron chi connectivity index (χ1n) is 12.1. The third kappa shape index (κ3) is 4.31. The molecule has 6 rings (SSSR count). The highest BCUT2D eigenvalue weighted by Gasteiger charge is 2.37. The van der Waals surface area contributed by atoms with Crippen molar-refractivity contribution in [2.24, 2.45) is 4.99 Å². The maximum Gasteiger partial charge on any atom is 0.231 e. The zero-order valence-electron chi connectivity index (χ0n) is 19.9. The lowest BCUT2D eigenvalue weighted by Crippen LogP contribution is -2.41. The molecule has 3 aromatic rings. The summed E-state index contributed by atoms with van der Waals surface area (Å²) in [5.41, 5.74) is 8.09. The van der Waals surface area contributed by atoms with Crippen LogP contribution in [0.5, 0.6) is 11.5 Å². The molecule has 4 heterocycles. The number of fused-ring (bicyclic) bond motifs is 2. The Morgan fingerprint density at radius 1 is 1.17 bits per heavy atom. The molecule has 3 aliphatic heterocycles. The van der Waals surface area contributed by atoms with Crippen LogP contribution in [-0.2, 0) is 0 Å². The van der Waals surface area contributed by atoms with Gasteiger partial charge in [0, 0.05) is 34.5 Å². The third-order valence-corrected chi connectivity index (χ3v) is 7.35. The number of rotatable bonds is 6. The summed E-state index contributed by atoms with van der Waals surface area (Å²) >= 11 is 3.76. The highest BCUT2D eigenvalue weighted by molar-refractivity contribution is 9.10. The summed E-state index contributed by atoms with van der Waals surface area (Å²) in [5, 5.41) is 5.65. The summed E-state index contributed by atoms with van der Waals surface area (Å²) in [6.07, 6.45) is 5.38. The lowest BCUT2D eigenvalue weighted by molar-refractivity contribution is 0.174. The summed E-state index contributed by atoms with van der Waals surface area (Å²) in [6, 6.07) is 9.82. The van der Waals surface area contributed by atoms with Gasteiger partial charge in [-0.3, -0.25) is 4.99 Å². The molecule has 3 N–H and O–H groups in total. The van der Waals surface area contributed by atoms with Crippen LogP contribution in [0.3, 0.4) is 0 Å². The van der Waals surface area contributed by atoms with E-state index in [0.717, 1.165) is 62.9 Å². The Morgan fingerprint density at radius 3 is 2.81 bits per heavy atom. The van der Waals surface area contributed by atoms with Gasteiger partial charge in [0.1, 0.15) is 17.7 Å². The molecule has 2 saturated heterocycles. The van der Waals surface area contributed by atoms with Crippen LogP contribution in [0.25, 0.3) is 11.0 Å². The van der Waals surface area contributed by atoms with Crippen LogP contribution in [-0.4, -0.2) is 47.2 Å². The predicted molar refractivity (Wildman–Crippen MR) is 144 cm³/mol. The van der Waals surface area contributed by atoms with Gasteiger partial charge in [-0.2, -0.15) is 0 Å². The maximum absolute atomic E-state index is 5.70. The molecular weight excluding hydrogens is 522 g/mol. The number of aromatic amines is 1. The van der Waals surface area contributed by atoms with Gasteiger partial charge in [0.05, 0.1) is 23.9 Å². The third-order valence-electron chi connectivity index (χ3n) is 6.66. The molecule has 0 saturated carbocycles. The van der Waals surface area contributed by atoms with Gasteiger partial charge in [-0.15, -0.1) is 0 Å². The number of ether oxygens (including phenoxy) is 2. The van der Waals surface area contributed by atoms with Gasteiger partial charge in [-0.1, -0.05) is 35.5 Å². The number of aliphatic imine (C=N–C) groups is 1. The minimum atomic E-state index is -0.263. The molecule has 0 aliphatic carbocycles. The fraction of sp³-hybridized carbons (Fsp3) is 0.308. The Balaban J connectivity index is 1.35. The first-order valence-corrected chi connectivity index (χ1v) is 12.9. The average molecular weight is 550 g/mol. The number of anilines is 1. The number of H-pyrrole nitrogens is 1. The van der Waals surface area contributed by atoms with Crippen LogP contribution >= 0.6 is 15.9 Å². The van der Waals surface area contributed by atoms with Crippen molar-refractivity contribution in [3.05, 3.63) is 71.4 Å². The zero-order chi connectivity index (χ0) is 24.6. The van der Waals surface area contributed by atoms with Gasteiger partial charge in [-0.05, 0) is 43.2 Å². The van der Waals surface area contributed by atoms with Crippen molar-refractivity contribution in [1.29, 1.82) is 0 Å². The van der Waals surface area contributed by atoms with Gasteiger partial charge in [0.25, 0.3) is 0 Å². The molecule has 1 unspecified atom stereocenters. The second-order valence-electron chi connectivity index (χ2n) is 9.14. The number of hydrogen-bond acceptors (Lipinski definition) is 7. The Hall–Kier alpha value is -3.50. The van der Waals surface area contributed by atoms with E-state index in [-0.39, 0.29) is 12.8 Å². The topological polar surface area (TPSA) is 90.0 Å². The van der Waals surface area contributed by atoms with E-state index in [4.69, 9.17) is 14.5 Å². The van der Waals surface area contributed by atoms with Gasteiger partial charge >= 0.3 is 0 Å². The smallest absolute Gasteiger partial charge is 0.231 e. The molecule has 0 spiro atoms. The van der Waals surface area contributed by atoms with Crippen molar-refractivity contribution >= 4 is 38.5 Å². The number of nitrogens with one attached hydrogen (secondary N) is 3. The van der Waals surface area contributed by atoms with Crippen molar-refractivity contribution in [3.63, 3.8) is 0 Å². The van der Waals surface area contributed by atoms with Crippen molar-refractivity contribution in [1.82, 2.24) is 25.7 Å². The van der Waals surface area contributed by atoms with E-state index in [2.05, 4.69) is 65.8 Å². The number of benzene rings is 2. The highest BCUT2D eigenvalue weighted by Crippen LogP contribution is 2.44. The molecule has 0 radical (unpaired) electrons. The number of piperidine rings is 1. The minimum absolute atomic E-state index is 0.212. The normalized spacial score (nSPS) is 20.8. The largest absolute Gasteiger partial charge is 0.454 e. The molecule has 186 valence electrons. The van der Waals surface area contributed by atoms with Gasteiger partial charge in [-0.25, -0.2) is 9.99 Å². The van der Waals surface area contributed by atoms with E-state index >= 15 is 0 Å². The number of hydrogen-bond donors (Lipinski definition) is 3. The molecule has 36 heavy (non-hydrogen) atoms. The van der Waals surface area contributed by atoms with Crippen LogP contribution in [0, 0.1) is 0 Å². The molecule has 2 fully saturated rings. The molecule has 1 aromatic heterocycles. The van der Waals surface area contributed by atoms with Crippen molar-refractivity contribution in [2.75, 3.05) is 31.3 Å². The first-order chi connectivity index (χ1) is 17.6. The summed E-state index contributed by atoms with van der Waals surface area (Å²) in [5.74, 6) is 2.94. The SMILES string of the molecule is C=C(C/N=C1\NC(=C)N(c2ccc3[nH]cnc3c2)C1c1cc2c(cc1Br)OCO2)NN1CCCCC1. The summed E-state index contributed by atoms with van der Waals surface area (Å²) in [6.45, 7) is 11.2. The fourth-order valence-corrected chi connectivity index (χ4v) is 5.47. The number of imidazole rings is 1. The quantitative estimate of drug-likeness (QED) is 0.414. The molecule has 3 aliphatic rings. The number of amidine groups is 1. The van der Waals surface area contributed by atoms with Crippen LogP contribution in [0.15, 0.2) is 70.8 Å². The van der Waals surface area contributed by atoms with Crippen LogP contribution in [0.1, 0.15) is 30.9 Å². The zero-order valence-corrected chi connectivity index (χ0v) is 21.5. The first kappa shape index (κ1) is 22.9. The van der Waals surface area contributed by atoms with E-state index in [1.54, 1.807) is 6.33 Å². The van der Waals surface area contributed by atoms with Gasteiger partial charge in [0.15, 0.2) is 11.5 Å². The van der Waals surface area contributed by atoms with Crippen molar-refractivity contribution in [3.8, 4) is 11.5 Å². The molecule has 0 bridgehead atoms. The second-order valence-corrected chi connectivity index (χ2v) is 9.99. The number of hydrazine groups is 1. The van der Waals surface area contributed by atoms with Crippen LogP contribution in [0.4, 0.5) is 5.69 Å². The standard InChI is InChI=1S/C26H28BrN7O2/c1-16(32-33-8-4-3-5-9-33)13-28-26-25(19-11-23-24(12-20(19)27)36-15-35-23)34(17(2)31-26)18-6-7-21-22(10-18)30-14-29-21/h6-7,10-12,14,25,32H,1-5,8-9,13,15H2,(H,28,31)(H,29,30). The van der Waals surface area contributed by atoms with E-state index in [0.29, 0.717) is 12.3 Å². The lowest BCUT2D eigenvalue weighted by Gasteiger charge is -2.28. The predicted octanol–water partition coefficient (Wildman–Crippen LogP) is 4.58. The highest BCUT2D eigenvalue weighted by atomic mass is 79.9. The molecule has 9 nitrogen and oxygen atoms in total. The summed E-state index contributed by atoms with van der Waals surface area (Å²) in [7, 11) is 0. The second kappa shape index (κ2) is 9.51. The van der Waals surface area contributed by atoms with E-state index in [1.807, 2.05) is 24.3 Å².